The van der Waals surface area contributed by atoms with Gasteiger partial charge in [-0.25, -0.2) is 13.1 Å². The predicted molar refractivity (Wildman–Crippen MR) is 89.1 cm³/mol. The fourth-order valence-corrected chi connectivity index (χ4v) is 3.04. The van der Waals surface area contributed by atoms with E-state index in [1.807, 2.05) is 60.8 Å². The van der Waals surface area contributed by atoms with Gasteiger partial charge in [-0.2, -0.15) is 5.10 Å². The van der Waals surface area contributed by atoms with Gasteiger partial charge in [0, 0.05) is 30.6 Å². The summed E-state index contributed by atoms with van der Waals surface area (Å²) in [5.74, 6) is 0.175. The summed E-state index contributed by atoms with van der Waals surface area (Å²) >= 11 is 0. The fourth-order valence-electron chi connectivity index (χ4n) is 2.40. The molecule has 0 amide bonds. The smallest absolute Gasteiger partial charge is 0.148 e. The highest BCUT2D eigenvalue weighted by Gasteiger charge is 2.15. The first-order valence-corrected chi connectivity index (χ1v) is 9.31. The SMILES string of the molecule is Cc1nn(-c2ccccc2)c(C)c1CN(C)CCS(C)(=O)=O. The van der Waals surface area contributed by atoms with Crippen LogP contribution >= 0.6 is 0 Å². The molecule has 0 saturated carbocycles. The van der Waals surface area contributed by atoms with Crippen molar-refractivity contribution in [2.75, 3.05) is 25.6 Å². The zero-order valence-electron chi connectivity index (χ0n) is 13.6. The highest BCUT2D eigenvalue weighted by molar-refractivity contribution is 7.90. The van der Waals surface area contributed by atoms with Gasteiger partial charge in [-0.05, 0) is 33.0 Å². The molecular weight excluding hydrogens is 298 g/mol. The largest absolute Gasteiger partial charge is 0.301 e. The van der Waals surface area contributed by atoms with E-state index in [0.29, 0.717) is 13.1 Å². The monoisotopic (exact) mass is 321 g/mol. The van der Waals surface area contributed by atoms with Crippen LogP contribution in [-0.2, 0) is 16.4 Å². The molecular formula is C16H23N3O2S. The second-order valence-corrected chi connectivity index (χ2v) is 8.02. The van der Waals surface area contributed by atoms with E-state index < -0.39 is 9.84 Å². The van der Waals surface area contributed by atoms with E-state index in [0.717, 1.165) is 22.6 Å². The number of sulfone groups is 1. The molecule has 0 N–H and O–H groups in total. The summed E-state index contributed by atoms with van der Waals surface area (Å²) in [5.41, 5.74) is 4.26. The molecule has 1 aromatic carbocycles. The Morgan fingerprint density at radius 1 is 1.18 bits per heavy atom. The molecule has 6 heteroatoms. The molecule has 0 aliphatic carbocycles. The number of hydrogen-bond acceptors (Lipinski definition) is 4. The summed E-state index contributed by atoms with van der Waals surface area (Å²) in [6.07, 6.45) is 1.27. The van der Waals surface area contributed by atoms with Gasteiger partial charge < -0.3 is 4.90 Å². The van der Waals surface area contributed by atoms with E-state index in [-0.39, 0.29) is 5.75 Å². The van der Waals surface area contributed by atoms with Crippen molar-refractivity contribution in [2.24, 2.45) is 0 Å². The summed E-state index contributed by atoms with van der Waals surface area (Å²) in [4.78, 5) is 2.02. The molecule has 2 rings (SSSR count). The molecule has 0 radical (unpaired) electrons. The van der Waals surface area contributed by atoms with Gasteiger partial charge in [0.05, 0.1) is 17.1 Å². The van der Waals surface area contributed by atoms with Crippen molar-refractivity contribution in [3.8, 4) is 5.69 Å². The summed E-state index contributed by atoms with van der Waals surface area (Å²) in [6, 6.07) is 10.0. The molecule has 0 aliphatic rings. The van der Waals surface area contributed by atoms with E-state index in [2.05, 4.69) is 5.10 Å². The van der Waals surface area contributed by atoms with Crippen LogP contribution in [0.2, 0.25) is 0 Å². The molecule has 0 aliphatic heterocycles. The van der Waals surface area contributed by atoms with Gasteiger partial charge in [0.25, 0.3) is 0 Å². The number of para-hydroxylation sites is 1. The third-order valence-electron chi connectivity index (χ3n) is 3.71. The van der Waals surface area contributed by atoms with Crippen LogP contribution < -0.4 is 0 Å². The van der Waals surface area contributed by atoms with E-state index in [1.165, 1.54) is 6.26 Å². The van der Waals surface area contributed by atoms with Crippen LogP contribution in [0.1, 0.15) is 17.0 Å². The quantitative estimate of drug-likeness (QED) is 0.816. The summed E-state index contributed by atoms with van der Waals surface area (Å²) < 4.78 is 24.5. The lowest BCUT2D eigenvalue weighted by molar-refractivity contribution is 0.345. The molecule has 22 heavy (non-hydrogen) atoms. The van der Waals surface area contributed by atoms with Gasteiger partial charge in [0.15, 0.2) is 0 Å². The van der Waals surface area contributed by atoms with Crippen LogP contribution in [0, 0.1) is 13.8 Å². The third-order valence-corrected chi connectivity index (χ3v) is 4.64. The zero-order chi connectivity index (χ0) is 16.3. The van der Waals surface area contributed by atoms with Crippen LogP contribution in [-0.4, -0.2) is 48.7 Å². The highest BCUT2D eigenvalue weighted by Crippen LogP contribution is 2.19. The lowest BCUT2D eigenvalue weighted by Gasteiger charge is -2.16. The Bertz CT molecular complexity index is 736. The number of aryl methyl sites for hydroxylation is 1. The summed E-state index contributed by atoms with van der Waals surface area (Å²) in [7, 11) is -0.998. The summed E-state index contributed by atoms with van der Waals surface area (Å²) in [6.45, 7) is 5.26. The second-order valence-electron chi connectivity index (χ2n) is 5.76. The normalized spacial score (nSPS) is 12.0. The molecule has 0 bridgehead atoms. The van der Waals surface area contributed by atoms with Crippen LogP contribution in [0.15, 0.2) is 30.3 Å². The first kappa shape index (κ1) is 16.7. The van der Waals surface area contributed by atoms with E-state index in [1.54, 1.807) is 0 Å². The van der Waals surface area contributed by atoms with E-state index >= 15 is 0 Å². The predicted octanol–water partition coefficient (Wildman–Crippen LogP) is 1.97. The Hall–Kier alpha value is -1.66. The van der Waals surface area contributed by atoms with Crippen molar-refractivity contribution in [1.29, 1.82) is 0 Å². The van der Waals surface area contributed by atoms with Gasteiger partial charge in [-0.3, -0.25) is 0 Å². The second kappa shape index (κ2) is 6.62. The topological polar surface area (TPSA) is 55.2 Å². The molecule has 0 unspecified atom stereocenters. The fraction of sp³-hybridized carbons (Fsp3) is 0.438. The maximum Gasteiger partial charge on any atom is 0.148 e. The minimum absolute atomic E-state index is 0.175. The maximum absolute atomic E-state index is 11.3. The van der Waals surface area contributed by atoms with E-state index in [9.17, 15) is 8.42 Å². The molecule has 0 saturated heterocycles. The van der Waals surface area contributed by atoms with Crippen LogP contribution in [0.3, 0.4) is 0 Å². The Kier molecular flexibility index (Phi) is 5.03. The first-order valence-electron chi connectivity index (χ1n) is 7.24. The summed E-state index contributed by atoms with van der Waals surface area (Å²) in [5, 5.41) is 4.61. The number of aromatic nitrogens is 2. The van der Waals surface area contributed by atoms with Crippen LogP contribution in [0.4, 0.5) is 0 Å². The molecule has 2 aromatic rings. The van der Waals surface area contributed by atoms with Crippen LogP contribution in [0.25, 0.3) is 5.69 Å². The minimum atomic E-state index is -2.93. The molecule has 120 valence electrons. The third kappa shape index (κ3) is 4.18. The van der Waals surface area contributed by atoms with Crippen molar-refractivity contribution in [2.45, 2.75) is 20.4 Å². The van der Waals surface area contributed by atoms with Crippen molar-refractivity contribution < 1.29 is 8.42 Å². The molecule has 1 aromatic heterocycles. The Morgan fingerprint density at radius 2 is 1.82 bits per heavy atom. The van der Waals surface area contributed by atoms with Gasteiger partial charge in [0.2, 0.25) is 0 Å². The molecule has 0 spiro atoms. The van der Waals surface area contributed by atoms with Gasteiger partial charge in [-0.1, -0.05) is 18.2 Å². The average molecular weight is 321 g/mol. The van der Waals surface area contributed by atoms with Crippen LogP contribution in [0.5, 0.6) is 0 Å². The number of hydrogen-bond donors (Lipinski definition) is 0. The number of rotatable bonds is 6. The molecule has 1 heterocycles. The Morgan fingerprint density at radius 3 is 2.41 bits per heavy atom. The Balaban J connectivity index is 2.17. The Labute approximate surface area is 132 Å². The molecule has 0 atom stereocenters. The lowest BCUT2D eigenvalue weighted by atomic mass is 10.2. The average Bonchev–Trinajstić information content (AvgIpc) is 2.73. The van der Waals surface area contributed by atoms with E-state index in [4.69, 9.17) is 0 Å². The van der Waals surface area contributed by atoms with Crippen molar-refractivity contribution >= 4 is 9.84 Å². The maximum atomic E-state index is 11.3. The van der Waals surface area contributed by atoms with Gasteiger partial charge >= 0.3 is 0 Å². The standard InChI is InChI=1S/C16H23N3O2S/c1-13-16(12-18(3)10-11-22(4,20)21)14(2)19(17-13)15-8-6-5-7-9-15/h5-9H,10-12H2,1-4H3. The molecule has 0 fully saturated rings. The zero-order valence-corrected chi connectivity index (χ0v) is 14.4. The van der Waals surface area contributed by atoms with Crippen molar-refractivity contribution in [1.82, 2.24) is 14.7 Å². The molecule has 5 nitrogen and oxygen atoms in total. The number of nitrogens with zero attached hydrogens (tertiary/aromatic N) is 3. The lowest BCUT2D eigenvalue weighted by Crippen LogP contribution is -2.25. The van der Waals surface area contributed by atoms with Crippen molar-refractivity contribution in [3.05, 3.63) is 47.3 Å². The van der Waals surface area contributed by atoms with Gasteiger partial charge in [0.1, 0.15) is 9.84 Å². The minimum Gasteiger partial charge on any atom is -0.301 e. The van der Waals surface area contributed by atoms with Crippen molar-refractivity contribution in [3.63, 3.8) is 0 Å². The number of benzene rings is 1. The first-order chi connectivity index (χ1) is 10.3. The van der Waals surface area contributed by atoms with Gasteiger partial charge in [-0.15, -0.1) is 0 Å². The highest BCUT2D eigenvalue weighted by atomic mass is 32.2.